The lowest BCUT2D eigenvalue weighted by molar-refractivity contribution is -0.158. The standard InChI is InChI=1S/C32H36N2O5.C4H4O4/c1-3-38-31(36)28(19-18-24-12-6-4-7-13-24)33-23(2)30(35)34-21-27-17-11-10-16-26(27)20-29(34)32(37)39-22-25-14-8-5-9-15-25;5-3(6)1-2-4(7)8/h4-17,23,28-29,33H,3,18-22H2,1-2H3;1-2H,(H,5,6)(H,7,8)/b;2-1+/t23-,28-,29-;/m0./s1. The number of benzene rings is 3. The summed E-state index contributed by atoms with van der Waals surface area (Å²) in [6.45, 7) is 4.17. The maximum Gasteiger partial charge on any atom is 0.329 e. The van der Waals surface area contributed by atoms with Gasteiger partial charge in [0.2, 0.25) is 5.91 Å². The van der Waals surface area contributed by atoms with Crippen LogP contribution in [0.1, 0.15) is 42.5 Å². The van der Waals surface area contributed by atoms with Crippen LogP contribution in [-0.4, -0.2) is 69.6 Å². The third-order valence-electron chi connectivity index (χ3n) is 7.35. The Labute approximate surface area is 273 Å². The summed E-state index contributed by atoms with van der Waals surface area (Å²) in [5, 5.41) is 18.8. The molecule has 1 amide bonds. The van der Waals surface area contributed by atoms with E-state index in [1.54, 1.807) is 18.7 Å². The summed E-state index contributed by atoms with van der Waals surface area (Å²) in [6.07, 6.45) is 2.62. The molecule has 11 heteroatoms. The molecule has 1 aliphatic heterocycles. The Morgan fingerprint density at radius 2 is 1.38 bits per heavy atom. The van der Waals surface area contributed by atoms with Crippen molar-refractivity contribution in [3.8, 4) is 0 Å². The normalized spacial score (nSPS) is 14.9. The molecule has 0 radical (unpaired) electrons. The molecule has 0 aliphatic carbocycles. The van der Waals surface area contributed by atoms with E-state index in [0.29, 0.717) is 38.0 Å². The first-order valence-electron chi connectivity index (χ1n) is 15.3. The third kappa shape index (κ3) is 11.9. The van der Waals surface area contributed by atoms with Crippen LogP contribution in [0.3, 0.4) is 0 Å². The van der Waals surface area contributed by atoms with Crippen molar-refractivity contribution in [1.29, 1.82) is 0 Å². The molecule has 0 fully saturated rings. The molecule has 4 rings (SSSR count). The number of hydrogen-bond acceptors (Lipinski definition) is 8. The Morgan fingerprint density at radius 1 is 0.830 bits per heavy atom. The number of carbonyl (C=O) groups excluding carboxylic acids is 3. The van der Waals surface area contributed by atoms with Gasteiger partial charge >= 0.3 is 23.9 Å². The van der Waals surface area contributed by atoms with Crippen molar-refractivity contribution < 1.29 is 43.7 Å². The smallest absolute Gasteiger partial charge is 0.329 e. The van der Waals surface area contributed by atoms with Gasteiger partial charge in [-0.05, 0) is 48.9 Å². The van der Waals surface area contributed by atoms with Crippen LogP contribution in [0.4, 0.5) is 0 Å². The molecular weight excluding hydrogens is 604 g/mol. The molecule has 3 aromatic carbocycles. The Balaban J connectivity index is 0.000000665. The first-order valence-corrected chi connectivity index (χ1v) is 15.3. The predicted molar refractivity (Wildman–Crippen MR) is 173 cm³/mol. The largest absolute Gasteiger partial charge is 0.478 e. The molecule has 3 aromatic rings. The number of aliphatic carboxylic acids is 2. The molecule has 1 heterocycles. The van der Waals surface area contributed by atoms with Crippen molar-refractivity contribution in [2.24, 2.45) is 0 Å². The van der Waals surface area contributed by atoms with Crippen LogP contribution >= 0.6 is 0 Å². The van der Waals surface area contributed by atoms with E-state index in [9.17, 15) is 24.0 Å². The number of nitrogens with one attached hydrogen (secondary N) is 1. The van der Waals surface area contributed by atoms with Crippen LogP contribution in [0.25, 0.3) is 0 Å². The SMILES string of the molecule is CCOC(=O)[C@H](CCc1ccccc1)N[C@@H](C)C(=O)N1Cc2ccccc2C[C@H]1C(=O)OCc1ccccc1.O=C(O)/C=C/C(=O)O. The van der Waals surface area contributed by atoms with Crippen molar-refractivity contribution in [2.75, 3.05) is 6.61 Å². The summed E-state index contributed by atoms with van der Waals surface area (Å²) < 4.78 is 11.0. The van der Waals surface area contributed by atoms with Crippen LogP contribution in [0, 0.1) is 0 Å². The molecule has 0 unspecified atom stereocenters. The van der Waals surface area contributed by atoms with Gasteiger partial charge in [-0.3, -0.25) is 14.9 Å². The topological polar surface area (TPSA) is 160 Å². The Hall–Kier alpha value is -5.29. The highest BCUT2D eigenvalue weighted by molar-refractivity contribution is 5.90. The molecule has 0 spiro atoms. The highest BCUT2D eigenvalue weighted by Gasteiger charge is 2.38. The van der Waals surface area contributed by atoms with Gasteiger partial charge < -0.3 is 24.6 Å². The van der Waals surface area contributed by atoms with Gasteiger partial charge in [0.05, 0.1) is 12.6 Å². The lowest BCUT2D eigenvalue weighted by Gasteiger charge is -2.37. The Kier molecular flexibility index (Phi) is 14.3. The fourth-order valence-corrected chi connectivity index (χ4v) is 5.02. The molecule has 0 saturated carbocycles. The number of aryl methyl sites for hydroxylation is 1. The Morgan fingerprint density at radius 3 is 1.96 bits per heavy atom. The highest BCUT2D eigenvalue weighted by Crippen LogP contribution is 2.25. The van der Waals surface area contributed by atoms with E-state index in [4.69, 9.17) is 19.7 Å². The van der Waals surface area contributed by atoms with Crippen LogP contribution in [0.2, 0.25) is 0 Å². The number of carbonyl (C=O) groups is 5. The van der Waals surface area contributed by atoms with Crippen LogP contribution in [0.5, 0.6) is 0 Å². The van der Waals surface area contributed by atoms with Crippen LogP contribution in [-0.2, 0) is 59.4 Å². The van der Waals surface area contributed by atoms with Crippen molar-refractivity contribution >= 4 is 29.8 Å². The summed E-state index contributed by atoms with van der Waals surface area (Å²) in [4.78, 5) is 60.5. The minimum absolute atomic E-state index is 0.137. The second-order valence-corrected chi connectivity index (χ2v) is 10.8. The van der Waals surface area contributed by atoms with Gasteiger partial charge in [-0.25, -0.2) is 14.4 Å². The second kappa shape index (κ2) is 18.6. The van der Waals surface area contributed by atoms with E-state index < -0.39 is 42.0 Å². The fourth-order valence-electron chi connectivity index (χ4n) is 5.02. The minimum atomic E-state index is -1.26. The molecule has 3 N–H and O–H groups in total. The molecule has 0 aromatic heterocycles. The summed E-state index contributed by atoms with van der Waals surface area (Å²) in [7, 11) is 0. The molecule has 3 atom stereocenters. The van der Waals surface area contributed by atoms with E-state index in [-0.39, 0.29) is 19.1 Å². The summed E-state index contributed by atoms with van der Waals surface area (Å²) in [5.74, 6) is -3.62. The number of hydrogen-bond donors (Lipinski definition) is 3. The van der Waals surface area contributed by atoms with Crippen molar-refractivity contribution in [2.45, 2.75) is 64.4 Å². The van der Waals surface area contributed by atoms with Crippen molar-refractivity contribution in [3.05, 3.63) is 119 Å². The van der Waals surface area contributed by atoms with E-state index in [2.05, 4.69) is 5.32 Å². The molecule has 0 bridgehead atoms. The van der Waals surface area contributed by atoms with E-state index in [1.807, 2.05) is 84.9 Å². The summed E-state index contributed by atoms with van der Waals surface area (Å²) >= 11 is 0. The van der Waals surface area contributed by atoms with E-state index >= 15 is 0 Å². The number of ether oxygens (including phenoxy) is 2. The van der Waals surface area contributed by atoms with Crippen LogP contribution < -0.4 is 5.32 Å². The lowest BCUT2D eigenvalue weighted by atomic mass is 9.93. The fraction of sp³-hybridized carbons (Fsp3) is 0.306. The van der Waals surface area contributed by atoms with Gasteiger partial charge in [0.1, 0.15) is 18.7 Å². The van der Waals surface area contributed by atoms with E-state index in [1.165, 1.54) is 0 Å². The first-order chi connectivity index (χ1) is 22.6. The summed E-state index contributed by atoms with van der Waals surface area (Å²) in [5.41, 5.74) is 4.00. The van der Waals surface area contributed by atoms with Gasteiger partial charge in [0, 0.05) is 25.1 Å². The second-order valence-electron chi connectivity index (χ2n) is 10.8. The molecule has 1 aliphatic rings. The number of amides is 1. The molecule has 47 heavy (non-hydrogen) atoms. The van der Waals surface area contributed by atoms with Crippen LogP contribution in [0.15, 0.2) is 97.1 Å². The average Bonchev–Trinajstić information content (AvgIpc) is 3.08. The Bertz CT molecular complexity index is 1510. The molecule has 248 valence electrons. The van der Waals surface area contributed by atoms with Gasteiger partial charge in [0.15, 0.2) is 0 Å². The van der Waals surface area contributed by atoms with Crippen molar-refractivity contribution in [3.63, 3.8) is 0 Å². The first kappa shape index (κ1) is 36.2. The number of nitrogens with zero attached hydrogens (tertiary/aromatic N) is 1. The zero-order chi connectivity index (χ0) is 34.2. The maximum absolute atomic E-state index is 13.8. The number of carboxylic acid groups (broad SMARTS) is 2. The van der Waals surface area contributed by atoms with Gasteiger partial charge in [-0.1, -0.05) is 84.9 Å². The zero-order valence-corrected chi connectivity index (χ0v) is 26.4. The minimum Gasteiger partial charge on any atom is -0.478 e. The van der Waals surface area contributed by atoms with Gasteiger partial charge in [-0.15, -0.1) is 0 Å². The maximum atomic E-state index is 13.8. The number of rotatable bonds is 13. The molecule has 11 nitrogen and oxygen atoms in total. The highest BCUT2D eigenvalue weighted by atomic mass is 16.5. The molecule has 0 saturated heterocycles. The van der Waals surface area contributed by atoms with Gasteiger partial charge in [-0.2, -0.15) is 0 Å². The van der Waals surface area contributed by atoms with Crippen molar-refractivity contribution in [1.82, 2.24) is 10.2 Å². The lowest BCUT2D eigenvalue weighted by Crippen LogP contribution is -2.56. The average molecular weight is 645 g/mol. The monoisotopic (exact) mass is 644 g/mol. The quantitative estimate of drug-likeness (QED) is 0.184. The number of fused-ring (bicyclic) bond motifs is 1. The van der Waals surface area contributed by atoms with Gasteiger partial charge in [0.25, 0.3) is 0 Å². The number of esters is 2. The predicted octanol–water partition coefficient (Wildman–Crippen LogP) is 3.94. The number of carboxylic acids is 2. The van der Waals surface area contributed by atoms with E-state index in [0.717, 1.165) is 22.3 Å². The molecular formula is C36H40N2O9. The zero-order valence-electron chi connectivity index (χ0n) is 26.4. The summed E-state index contributed by atoms with van der Waals surface area (Å²) in [6, 6.07) is 25.0. The third-order valence-corrected chi connectivity index (χ3v) is 7.35.